The predicted molar refractivity (Wildman–Crippen MR) is 116 cm³/mol. The first-order chi connectivity index (χ1) is 14.2. The second kappa shape index (κ2) is 7.79. The van der Waals surface area contributed by atoms with Crippen molar-refractivity contribution >= 4 is 39.1 Å². The molecule has 0 spiro atoms. The van der Waals surface area contributed by atoms with Gasteiger partial charge in [-0.15, -0.1) is 21.5 Å². The van der Waals surface area contributed by atoms with Crippen LogP contribution in [0, 0.1) is 0 Å². The van der Waals surface area contributed by atoms with E-state index in [0.717, 1.165) is 46.4 Å². The van der Waals surface area contributed by atoms with E-state index in [0.29, 0.717) is 17.3 Å². The molecule has 1 aliphatic carbocycles. The minimum Gasteiger partial charge on any atom is -0.461 e. The smallest absolute Gasteiger partial charge is 0.200 e. The van der Waals surface area contributed by atoms with E-state index in [9.17, 15) is 0 Å². The van der Waals surface area contributed by atoms with E-state index < -0.39 is 0 Å². The summed E-state index contributed by atoms with van der Waals surface area (Å²) in [6.45, 7) is 2.82. The summed E-state index contributed by atoms with van der Waals surface area (Å²) in [6.07, 6.45) is 7.63. The van der Waals surface area contributed by atoms with Gasteiger partial charge in [0, 0.05) is 11.4 Å². The van der Waals surface area contributed by atoms with Crippen LogP contribution in [0.15, 0.2) is 28.0 Å². The SMILES string of the molecule is CCn1c(SCc2nc(N)c3c4c(sc3n2)CCCCC4)nnc1-c1ccco1. The van der Waals surface area contributed by atoms with Crippen LogP contribution in [0.5, 0.6) is 0 Å². The Morgan fingerprint density at radius 1 is 1.21 bits per heavy atom. The topological polar surface area (TPSA) is 95.7 Å². The molecule has 0 saturated carbocycles. The van der Waals surface area contributed by atoms with E-state index in [4.69, 9.17) is 15.1 Å². The van der Waals surface area contributed by atoms with Crippen LogP contribution in [0.2, 0.25) is 0 Å². The number of furan rings is 1. The number of nitrogens with two attached hydrogens (primary N) is 1. The molecular formula is C20H22N6OS2. The molecule has 0 fully saturated rings. The molecule has 2 N–H and O–H groups in total. The highest BCUT2D eigenvalue weighted by atomic mass is 32.2. The van der Waals surface area contributed by atoms with E-state index >= 15 is 0 Å². The molecule has 7 nitrogen and oxygen atoms in total. The Balaban J connectivity index is 1.42. The van der Waals surface area contributed by atoms with Gasteiger partial charge in [-0.3, -0.25) is 4.57 Å². The number of fused-ring (bicyclic) bond motifs is 3. The zero-order valence-electron chi connectivity index (χ0n) is 16.2. The van der Waals surface area contributed by atoms with Crippen molar-refractivity contribution in [2.45, 2.75) is 56.5 Å². The lowest BCUT2D eigenvalue weighted by molar-refractivity contribution is 0.567. The maximum absolute atomic E-state index is 6.37. The van der Waals surface area contributed by atoms with Crippen molar-refractivity contribution < 1.29 is 4.42 Å². The van der Waals surface area contributed by atoms with Gasteiger partial charge < -0.3 is 10.2 Å². The fraction of sp³-hybridized carbons (Fsp3) is 0.400. The van der Waals surface area contributed by atoms with E-state index in [-0.39, 0.29) is 0 Å². The molecule has 0 atom stereocenters. The molecule has 9 heteroatoms. The van der Waals surface area contributed by atoms with Crippen LogP contribution in [0.1, 0.15) is 42.5 Å². The molecule has 0 amide bonds. The largest absolute Gasteiger partial charge is 0.461 e. The second-order valence-electron chi connectivity index (χ2n) is 7.09. The Labute approximate surface area is 176 Å². The number of hydrogen-bond acceptors (Lipinski definition) is 8. The number of thiophene rings is 1. The summed E-state index contributed by atoms with van der Waals surface area (Å²) < 4.78 is 7.52. The van der Waals surface area contributed by atoms with Crippen molar-refractivity contribution in [2.75, 3.05) is 5.73 Å². The summed E-state index contributed by atoms with van der Waals surface area (Å²) in [5.41, 5.74) is 7.75. The number of nitrogen functional groups attached to an aromatic ring is 1. The van der Waals surface area contributed by atoms with Crippen molar-refractivity contribution in [3.8, 4) is 11.6 Å². The first-order valence-corrected chi connectivity index (χ1v) is 11.7. The normalized spacial score (nSPS) is 14.2. The average Bonchev–Trinajstić information content (AvgIpc) is 3.42. The molecule has 0 radical (unpaired) electrons. The minimum atomic E-state index is 0.596. The summed E-state index contributed by atoms with van der Waals surface area (Å²) >= 11 is 3.36. The number of anilines is 1. The van der Waals surface area contributed by atoms with Crippen LogP contribution in [0.3, 0.4) is 0 Å². The zero-order valence-corrected chi connectivity index (χ0v) is 17.9. The average molecular weight is 427 g/mol. The third-order valence-corrected chi connectivity index (χ3v) is 7.39. The molecule has 150 valence electrons. The summed E-state index contributed by atoms with van der Waals surface area (Å²) in [4.78, 5) is 11.9. The highest BCUT2D eigenvalue weighted by Crippen LogP contribution is 2.37. The van der Waals surface area contributed by atoms with Gasteiger partial charge in [-0.25, -0.2) is 9.97 Å². The van der Waals surface area contributed by atoms with Crippen molar-refractivity contribution in [1.82, 2.24) is 24.7 Å². The maximum atomic E-state index is 6.37. The van der Waals surface area contributed by atoms with Gasteiger partial charge in [-0.2, -0.15) is 0 Å². The molecule has 4 aromatic heterocycles. The summed E-state index contributed by atoms with van der Waals surface area (Å²) in [5, 5.41) is 10.5. The quantitative estimate of drug-likeness (QED) is 0.365. The van der Waals surface area contributed by atoms with Gasteiger partial charge in [0.15, 0.2) is 16.7 Å². The van der Waals surface area contributed by atoms with Crippen LogP contribution >= 0.6 is 23.1 Å². The van der Waals surface area contributed by atoms with E-state index in [1.807, 2.05) is 16.7 Å². The van der Waals surface area contributed by atoms with Crippen molar-refractivity contribution in [3.63, 3.8) is 0 Å². The standard InChI is InChI=1S/C20H22N6OS2/c1-2-26-18(13-8-6-10-27-13)24-25-20(26)28-11-15-22-17(21)16-12-7-4-3-5-9-14(12)29-19(16)23-15/h6,8,10H,2-5,7,9,11H2,1H3,(H2,21,22,23). The minimum absolute atomic E-state index is 0.596. The van der Waals surface area contributed by atoms with Crippen LogP contribution in [0.4, 0.5) is 5.82 Å². The van der Waals surface area contributed by atoms with E-state index in [2.05, 4.69) is 22.1 Å². The highest BCUT2D eigenvalue weighted by molar-refractivity contribution is 7.98. The molecule has 0 saturated heterocycles. The molecule has 0 unspecified atom stereocenters. The third-order valence-electron chi connectivity index (χ3n) is 5.24. The monoisotopic (exact) mass is 426 g/mol. The van der Waals surface area contributed by atoms with Gasteiger partial charge in [0.05, 0.1) is 17.4 Å². The number of aryl methyl sites for hydroxylation is 2. The van der Waals surface area contributed by atoms with Gasteiger partial charge in [0.25, 0.3) is 0 Å². The van der Waals surface area contributed by atoms with Gasteiger partial charge in [-0.05, 0) is 50.3 Å². The van der Waals surface area contributed by atoms with Crippen molar-refractivity contribution in [1.29, 1.82) is 0 Å². The molecule has 0 aromatic carbocycles. The fourth-order valence-electron chi connectivity index (χ4n) is 3.87. The molecule has 4 aromatic rings. The Morgan fingerprint density at radius 3 is 2.93 bits per heavy atom. The predicted octanol–water partition coefficient (Wildman–Crippen LogP) is 4.71. The van der Waals surface area contributed by atoms with Crippen LogP contribution < -0.4 is 5.73 Å². The molecule has 1 aliphatic rings. The summed E-state index contributed by atoms with van der Waals surface area (Å²) in [7, 11) is 0. The van der Waals surface area contributed by atoms with E-state index in [1.54, 1.807) is 29.4 Å². The van der Waals surface area contributed by atoms with Gasteiger partial charge >= 0.3 is 0 Å². The van der Waals surface area contributed by atoms with Crippen LogP contribution in [0.25, 0.3) is 21.8 Å². The van der Waals surface area contributed by atoms with Crippen molar-refractivity contribution in [2.24, 2.45) is 0 Å². The molecule has 0 aliphatic heterocycles. The third kappa shape index (κ3) is 3.42. The first kappa shape index (κ1) is 18.6. The van der Waals surface area contributed by atoms with Crippen LogP contribution in [-0.2, 0) is 25.1 Å². The van der Waals surface area contributed by atoms with Gasteiger partial charge in [-0.1, -0.05) is 18.2 Å². The van der Waals surface area contributed by atoms with Gasteiger partial charge in [0.2, 0.25) is 0 Å². The number of aromatic nitrogens is 5. The highest BCUT2D eigenvalue weighted by Gasteiger charge is 2.20. The maximum Gasteiger partial charge on any atom is 0.200 e. The number of hydrogen-bond donors (Lipinski definition) is 1. The Morgan fingerprint density at radius 2 is 2.10 bits per heavy atom. The molecular weight excluding hydrogens is 404 g/mol. The molecule has 29 heavy (non-hydrogen) atoms. The van der Waals surface area contributed by atoms with E-state index in [1.165, 1.54) is 29.7 Å². The lowest BCUT2D eigenvalue weighted by Crippen LogP contribution is -2.02. The van der Waals surface area contributed by atoms with Crippen molar-refractivity contribution in [3.05, 3.63) is 34.7 Å². The Kier molecular flexibility index (Phi) is 5.01. The number of rotatable bonds is 5. The number of nitrogens with zero attached hydrogens (tertiary/aromatic N) is 5. The number of thioether (sulfide) groups is 1. The summed E-state index contributed by atoms with van der Waals surface area (Å²) in [6, 6.07) is 3.74. The lowest BCUT2D eigenvalue weighted by atomic mass is 10.1. The van der Waals surface area contributed by atoms with Gasteiger partial charge in [0.1, 0.15) is 16.5 Å². The Hall–Kier alpha value is -2.39. The van der Waals surface area contributed by atoms with Crippen LogP contribution in [-0.4, -0.2) is 24.7 Å². The fourth-order valence-corrected chi connectivity index (χ4v) is 6.02. The molecule has 0 bridgehead atoms. The Bertz CT molecular complexity index is 1150. The molecule has 5 rings (SSSR count). The summed E-state index contributed by atoms with van der Waals surface area (Å²) in [5.74, 6) is 3.39. The molecule has 4 heterocycles. The zero-order chi connectivity index (χ0) is 19.8. The lowest BCUT2D eigenvalue weighted by Gasteiger charge is -2.06. The first-order valence-electron chi connectivity index (χ1n) is 9.91. The second-order valence-corrected chi connectivity index (χ2v) is 9.11.